The van der Waals surface area contributed by atoms with Crippen LogP contribution in [0.25, 0.3) is 11.1 Å². The molecule has 6 nitrogen and oxygen atoms in total. The molecule has 2 aromatic heterocycles. The van der Waals surface area contributed by atoms with Crippen molar-refractivity contribution >= 4 is 5.91 Å². The van der Waals surface area contributed by atoms with Crippen molar-refractivity contribution in [1.82, 2.24) is 19.7 Å². The fraction of sp³-hybridized carbons (Fsp3) is 0.375. The van der Waals surface area contributed by atoms with Gasteiger partial charge in [-0.25, -0.2) is 0 Å². The Morgan fingerprint density at radius 2 is 2.07 bits per heavy atom. The van der Waals surface area contributed by atoms with Crippen molar-refractivity contribution < 1.29 is 9.53 Å². The van der Waals surface area contributed by atoms with E-state index in [0.29, 0.717) is 26.0 Å². The molecule has 1 aromatic carbocycles. The van der Waals surface area contributed by atoms with E-state index in [4.69, 9.17) is 4.74 Å². The van der Waals surface area contributed by atoms with Crippen molar-refractivity contribution in [2.75, 3.05) is 6.61 Å². The molecule has 0 spiro atoms. The van der Waals surface area contributed by atoms with Gasteiger partial charge in [0.15, 0.2) is 0 Å². The van der Waals surface area contributed by atoms with Crippen LogP contribution in [0.2, 0.25) is 0 Å². The Kier molecular flexibility index (Phi) is 5.57. The van der Waals surface area contributed by atoms with Gasteiger partial charge in [0, 0.05) is 49.2 Å². The predicted molar refractivity (Wildman–Crippen MR) is 116 cm³/mol. The van der Waals surface area contributed by atoms with Gasteiger partial charge in [0.2, 0.25) is 5.91 Å². The largest absolute Gasteiger partial charge is 0.491 e. The minimum atomic E-state index is 0.0165. The Labute approximate surface area is 177 Å². The van der Waals surface area contributed by atoms with E-state index in [-0.39, 0.29) is 11.9 Å². The molecule has 1 aliphatic rings. The molecule has 30 heavy (non-hydrogen) atoms. The lowest BCUT2D eigenvalue weighted by molar-refractivity contribution is -0.134. The number of rotatable bonds is 4. The first-order valence-electron chi connectivity index (χ1n) is 10.4. The summed E-state index contributed by atoms with van der Waals surface area (Å²) in [4.78, 5) is 19.3. The number of aryl methyl sites for hydroxylation is 2. The predicted octanol–water partition coefficient (Wildman–Crippen LogP) is 3.84. The standard InChI is InChI=1S/C24H28N4O2/c1-16-15-30-23-9-7-19(20-6-5-11-25-13-20)12-21(23)14-28(16)24(29)10-8-22-17(2)26-27(4)18(22)3/h5-7,9,11-13,16H,8,10,14-15H2,1-4H3/t16-/m0/s1. The van der Waals surface area contributed by atoms with E-state index in [1.165, 1.54) is 5.56 Å². The summed E-state index contributed by atoms with van der Waals surface area (Å²) in [7, 11) is 1.94. The van der Waals surface area contributed by atoms with E-state index in [9.17, 15) is 4.79 Å². The lowest BCUT2D eigenvalue weighted by atomic mass is 10.0. The maximum Gasteiger partial charge on any atom is 0.223 e. The first-order chi connectivity index (χ1) is 14.4. The first-order valence-corrected chi connectivity index (χ1v) is 10.4. The van der Waals surface area contributed by atoms with Gasteiger partial charge in [-0.3, -0.25) is 14.5 Å². The van der Waals surface area contributed by atoms with Crippen molar-refractivity contribution in [3.63, 3.8) is 0 Å². The zero-order valence-electron chi connectivity index (χ0n) is 18.1. The molecule has 0 saturated heterocycles. The monoisotopic (exact) mass is 404 g/mol. The molecule has 0 fully saturated rings. The van der Waals surface area contributed by atoms with Crippen molar-refractivity contribution in [2.24, 2.45) is 7.05 Å². The quantitative estimate of drug-likeness (QED) is 0.663. The fourth-order valence-corrected chi connectivity index (χ4v) is 4.09. The number of pyridine rings is 1. The van der Waals surface area contributed by atoms with Crippen LogP contribution in [-0.2, 0) is 24.8 Å². The van der Waals surface area contributed by atoms with Crippen LogP contribution >= 0.6 is 0 Å². The smallest absolute Gasteiger partial charge is 0.223 e. The number of carbonyl (C=O) groups excluding carboxylic acids is 1. The third-order valence-corrected chi connectivity index (χ3v) is 5.98. The molecule has 1 aliphatic heterocycles. The van der Waals surface area contributed by atoms with Crippen LogP contribution in [0.5, 0.6) is 5.75 Å². The Balaban J connectivity index is 1.53. The number of amides is 1. The summed E-state index contributed by atoms with van der Waals surface area (Å²) < 4.78 is 7.90. The zero-order chi connectivity index (χ0) is 21.3. The first kappa shape index (κ1) is 20.1. The fourth-order valence-electron chi connectivity index (χ4n) is 4.09. The minimum absolute atomic E-state index is 0.0165. The van der Waals surface area contributed by atoms with E-state index >= 15 is 0 Å². The number of benzene rings is 1. The Bertz CT molecular complexity index is 1060. The van der Waals surface area contributed by atoms with Gasteiger partial charge >= 0.3 is 0 Å². The number of aromatic nitrogens is 3. The number of nitrogens with zero attached hydrogens (tertiary/aromatic N) is 4. The van der Waals surface area contributed by atoms with Gasteiger partial charge in [-0.05, 0) is 56.5 Å². The molecule has 0 aliphatic carbocycles. The number of hydrogen-bond acceptors (Lipinski definition) is 4. The molecule has 4 rings (SSSR count). The van der Waals surface area contributed by atoms with E-state index < -0.39 is 0 Å². The molecule has 0 unspecified atom stereocenters. The number of fused-ring (bicyclic) bond motifs is 1. The van der Waals surface area contributed by atoms with Crippen LogP contribution in [0.3, 0.4) is 0 Å². The van der Waals surface area contributed by atoms with E-state index in [1.54, 1.807) is 6.20 Å². The van der Waals surface area contributed by atoms with Crippen LogP contribution in [-0.4, -0.2) is 38.2 Å². The molecule has 6 heteroatoms. The van der Waals surface area contributed by atoms with Crippen molar-refractivity contribution in [2.45, 2.75) is 46.2 Å². The van der Waals surface area contributed by atoms with Gasteiger partial charge in [-0.1, -0.05) is 12.1 Å². The lowest BCUT2D eigenvalue weighted by Gasteiger charge is -2.26. The third-order valence-electron chi connectivity index (χ3n) is 5.98. The molecule has 1 atom stereocenters. The van der Waals surface area contributed by atoms with Crippen molar-refractivity contribution in [3.8, 4) is 16.9 Å². The molecule has 0 bridgehead atoms. The highest BCUT2D eigenvalue weighted by molar-refractivity contribution is 5.77. The summed E-state index contributed by atoms with van der Waals surface area (Å²) in [6, 6.07) is 10.1. The van der Waals surface area contributed by atoms with Crippen LogP contribution in [0, 0.1) is 13.8 Å². The molecule has 0 N–H and O–H groups in total. The summed E-state index contributed by atoms with van der Waals surface area (Å²) in [6.07, 6.45) is 4.79. The highest BCUT2D eigenvalue weighted by Gasteiger charge is 2.26. The molecular formula is C24H28N4O2. The van der Waals surface area contributed by atoms with Crippen LogP contribution < -0.4 is 4.74 Å². The van der Waals surface area contributed by atoms with Gasteiger partial charge in [-0.15, -0.1) is 0 Å². The van der Waals surface area contributed by atoms with Crippen molar-refractivity contribution in [3.05, 3.63) is 65.2 Å². The minimum Gasteiger partial charge on any atom is -0.491 e. The van der Waals surface area contributed by atoms with Gasteiger partial charge < -0.3 is 9.64 Å². The number of hydrogen-bond donors (Lipinski definition) is 0. The van der Waals surface area contributed by atoms with Gasteiger partial charge in [0.25, 0.3) is 0 Å². The highest BCUT2D eigenvalue weighted by atomic mass is 16.5. The molecule has 3 aromatic rings. The number of ether oxygens (including phenoxy) is 1. The van der Waals surface area contributed by atoms with Crippen LogP contribution in [0.4, 0.5) is 0 Å². The molecule has 156 valence electrons. The molecule has 0 radical (unpaired) electrons. The summed E-state index contributed by atoms with van der Waals surface area (Å²) >= 11 is 0. The highest BCUT2D eigenvalue weighted by Crippen LogP contribution is 2.30. The Morgan fingerprint density at radius 3 is 2.77 bits per heavy atom. The second-order valence-electron chi connectivity index (χ2n) is 8.02. The summed E-state index contributed by atoms with van der Waals surface area (Å²) in [5.41, 5.74) is 6.46. The second kappa shape index (κ2) is 8.30. The van der Waals surface area contributed by atoms with Crippen molar-refractivity contribution in [1.29, 1.82) is 0 Å². The van der Waals surface area contributed by atoms with E-state index in [0.717, 1.165) is 33.8 Å². The average molecular weight is 405 g/mol. The Morgan fingerprint density at radius 1 is 1.23 bits per heavy atom. The second-order valence-corrected chi connectivity index (χ2v) is 8.02. The topological polar surface area (TPSA) is 60.2 Å². The molecule has 0 saturated carbocycles. The third kappa shape index (κ3) is 3.95. The summed E-state index contributed by atoms with van der Waals surface area (Å²) in [6.45, 7) is 7.15. The van der Waals surface area contributed by atoms with Gasteiger partial charge in [0.1, 0.15) is 12.4 Å². The Hall–Kier alpha value is -3.15. The normalized spacial score (nSPS) is 16.0. The zero-order valence-corrected chi connectivity index (χ0v) is 18.1. The SMILES string of the molecule is Cc1nn(C)c(C)c1CCC(=O)N1Cc2cc(-c3cccnc3)ccc2OC[C@@H]1C. The van der Waals surface area contributed by atoms with E-state index in [1.807, 2.05) is 60.9 Å². The van der Waals surface area contributed by atoms with Crippen LogP contribution in [0.15, 0.2) is 42.7 Å². The van der Waals surface area contributed by atoms with Gasteiger partial charge in [-0.2, -0.15) is 5.10 Å². The molecule has 3 heterocycles. The lowest BCUT2D eigenvalue weighted by Crippen LogP contribution is -2.40. The van der Waals surface area contributed by atoms with Gasteiger partial charge in [0.05, 0.1) is 11.7 Å². The maximum absolute atomic E-state index is 13.2. The maximum atomic E-state index is 13.2. The average Bonchev–Trinajstić information content (AvgIpc) is 2.89. The van der Waals surface area contributed by atoms with E-state index in [2.05, 4.69) is 23.1 Å². The molecule has 1 amide bonds. The van der Waals surface area contributed by atoms with Crippen LogP contribution in [0.1, 0.15) is 35.9 Å². The summed E-state index contributed by atoms with van der Waals surface area (Å²) in [5.74, 6) is 0.997. The summed E-state index contributed by atoms with van der Waals surface area (Å²) in [5, 5.41) is 4.47. The molecular weight excluding hydrogens is 376 g/mol. The number of carbonyl (C=O) groups is 1.